The van der Waals surface area contributed by atoms with E-state index in [2.05, 4.69) is 4.98 Å². The number of rotatable bonds is 5. The van der Waals surface area contributed by atoms with Crippen LogP contribution in [0.3, 0.4) is 0 Å². The summed E-state index contributed by atoms with van der Waals surface area (Å²) in [6.07, 6.45) is 0. The highest BCUT2D eigenvalue weighted by atomic mass is 32.2. The summed E-state index contributed by atoms with van der Waals surface area (Å²) < 4.78 is 1.79. The lowest BCUT2D eigenvalue weighted by Crippen LogP contribution is -2.26. The van der Waals surface area contributed by atoms with E-state index in [-0.39, 0.29) is 18.2 Å². The first-order valence-corrected chi connectivity index (χ1v) is 7.39. The number of hydrogen-bond donors (Lipinski definition) is 1. The highest BCUT2D eigenvalue weighted by Crippen LogP contribution is 2.26. The fourth-order valence-electron chi connectivity index (χ4n) is 2.00. The van der Waals surface area contributed by atoms with Gasteiger partial charge in [-0.05, 0) is 18.6 Å². The van der Waals surface area contributed by atoms with Gasteiger partial charge >= 0.3 is 5.97 Å². The van der Waals surface area contributed by atoms with Crippen LogP contribution in [0.1, 0.15) is 5.56 Å². The van der Waals surface area contributed by atoms with Gasteiger partial charge in [-0.1, -0.05) is 23.9 Å². The number of para-hydroxylation sites is 1. The molecular formula is C14H17N3O3S. The van der Waals surface area contributed by atoms with Crippen LogP contribution >= 0.6 is 11.8 Å². The molecule has 0 aliphatic rings. The third kappa shape index (κ3) is 3.36. The van der Waals surface area contributed by atoms with Crippen LogP contribution in [-0.4, -0.2) is 51.3 Å². The Kier molecular flexibility index (Phi) is 4.52. The molecule has 1 aromatic heterocycles. The number of carboxylic acids is 1. The maximum absolute atomic E-state index is 12.0. The van der Waals surface area contributed by atoms with Crippen molar-refractivity contribution < 1.29 is 14.7 Å². The van der Waals surface area contributed by atoms with E-state index in [0.717, 1.165) is 28.4 Å². The van der Waals surface area contributed by atoms with Crippen LogP contribution in [-0.2, 0) is 16.1 Å². The summed E-state index contributed by atoms with van der Waals surface area (Å²) in [5.74, 6) is -1.05. The van der Waals surface area contributed by atoms with Crippen LogP contribution < -0.4 is 0 Å². The highest BCUT2D eigenvalue weighted by Gasteiger charge is 2.17. The minimum Gasteiger partial charge on any atom is -0.481 e. The molecule has 0 fully saturated rings. The predicted molar refractivity (Wildman–Crippen MR) is 81.5 cm³/mol. The van der Waals surface area contributed by atoms with Crippen molar-refractivity contribution in [2.75, 3.05) is 19.8 Å². The first-order chi connectivity index (χ1) is 9.90. The number of benzene rings is 1. The minimum absolute atomic E-state index is 0.0604. The maximum atomic E-state index is 12.0. The Morgan fingerprint density at radius 1 is 1.38 bits per heavy atom. The van der Waals surface area contributed by atoms with Crippen LogP contribution in [0.15, 0.2) is 23.4 Å². The number of carbonyl (C=O) groups excluding carboxylic acids is 1. The van der Waals surface area contributed by atoms with E-state index in [4.69, 9.17) is 5.11 Å². The quantitative estimate of drug-likeness (QED) is 0.849. The monoisotopic (exact) mass is 307 g/mol. The molecule has 1 aromatic carbocycles. The molecule has 1 N–H and O–H groups in total. The number of aromatic nitrogens is 2. The Labute approximate surface area is 126 Å². The highest BCUT2D eigenvalue weighted by molar-refractivity contribution is 7.99. The van der Waals surface area contributed by atoms with E-state index in [1.807, 2.05) is 25.1 Å². The van der Waals surface area contributed by atoms with E-state index >= 15 is 0 Å². The number of hydrogen-bond acceptors (Lipinski definition) is 4. The van der Waals surface area contributed by atoms with Gasteiger partial charge in [-0.3, -0.25) is 9.59 Å². The number of aliphatic carboxylic acids is 1. The number of carbonyl (C=O) groups is 2. The van der Waals surface area contributed by atoms with Crippen molar-refractivity contribution in [2.45, 2.75) is 18.6 Å². The largest absolute Gasteiger partial charge is 0.481 e. The van der Waals surface area contributed by atoms with Gasteiger partial charge in [0.15, 0.2) is 5.16 Å². The van der Waals surface area contributed by atoms with Crippen LogP contribution in [0, 0.1) is 6.92 Å². The molecule has 1 amide bonds. The number of thioether (sulfide) groups is 1. The molecule has 112 valence electrons. The Bertz CT molecular complexity index is 694. The van der Waals surface area contributed by atoms with E-state index in [9.17, 15) is 9.59 Å². The molecule has 0 aliphatic heterocycles. The zero-order valence-corrected chi connectivity index (χ0v) is 13.0. The molecule has 0 aliphatic carbocycles. The first-order valence-electron chi connectivity index (χ1n) is 6.40. The van der Waals surface area contributed by atoms with Gasteiger partial charge in [-0.2, -0.15) is 0 Å². The molecule has 1 heterocycles. The van der Waals surface area contributed by atoms with Crippen LogP contribution in [0.2, 0.25) is 0 Å². The van der Waals surface area contributed by atoms with Crippen molar-refractivity contribution in [2.24, 2.45) is 0 Å². The van der Waals surface area contributed by atoms with Gasteiger partial charge in [0.05, 0.1) is 16.8 Å². The topological polar surface area (TPSA) is 75.4 Å². The van der Waals surface area contributed by atoms with Crippen molar-refractivity contribution >= 4 is 34.7 Å². The molecule has 0 unspecified atom stereocenters. The van der Waals surface area contributed by atoms with Crippen molar-refractivity contribution in [3.8, 4) is 0 Å². The number of fused-ring (bicyclic) bond motifs is 1. The van der Waals surface area contributed by atoms with Gasteiger partial charge in [0, 0.05) is 14.1 Å². The van der Waals surface area contributed by atoms with Crippen molar-refractivity contribution in [1.82, 2.24) is 14.5 Å². The lowest BCUT2D eigenvalue weighted by molar-refractivity contribution is -0.134. The van der Waals surface area contributed by atoms with Gasteiger partial charge in [-0.15, -0.1) is 0 Å². The molecule has 0 saturated heterocycles. The fraction of sp³-hybridized carbons (Fsp3) is 0.357. The summed E-state index contributed by atoms with van der Waals surface area (Å²) in [7, 11) is 3.39. The third-order valence-corrected chi connectivity index (χ3v) is 4.01. The number of imidazole rings is 1. The van der Waals surface area contributed by atoms with Crippen LogP contribution in [0.4, 0.5) is 0 Å². The molecule has 6 nitrogen and oxygen atoms in total. The molecule has 0 bridgehead atoms. The molecule has 2 aromatic rings. The average molecular weight is 307 g/mol. The van der Waals surface area contributed by atoms with E-state index < -0.39 is 5.97 Å². The van der Waals surface area contributed by atoms with Gasteiger partial charge in [0.2, 0.25) is 5.91 Å². The molecule has 0 saturated carbocycles. The summed E-state index contributed by atoms with van der Waals surface area (Å²) in [4.78, 5) is 28.7. The standard InChI is InChI=1S/C14H17N3O3S/c1-9-5-4-6-10-13(9)17(7-11(18)16(2)3)14(15-10)21-8-12(19)20/h4-6H,7-8H2,1-3H3,(H,19,20). The third-order valence-electron chi connectivity index (χ3n) is 3.05. The van der Waals surface area contributed by atoms with Crippen molar-refractivity contribution in [1.29, 1.82) is 0 Å². The van der Waals surface area contributed by atoms with Crippen LogP contribution in [0.5, 0.6) is 0 Å². The zero-order valence-electron chi connectivity index (χ0n) is 12.2. The number of carboxylic acid groups (broad SMARTS) is 1. The Morgan fingerprint density at radius 3 is 2.71 bits per heavy atom. The summed E-state index contributed by atoms with van der Waals surface area (Å²) in [6.45, 7) is 2.10. The second kappa shape index (κ2) is 6.17. The number of nitrogens with zero attached hydrogens (tertiary/aromatic N) is 3. The molecule has 21 heavy (non-hydrogen) atoms. The van der Waals surface area contributed by atoms with Crippen molar-refractivity contribution in [3.05, 3.63) is 23.8 Å². The maximum Gasteiger partial charge on any atom is 0.313 e. The smallest absolute Gasteiger partial charge is 0.313 e. The SMILES string of the molecule is Cc1cccc2nc(SCC(=O)O)n(CC(=O)N(C)C)c12. The molecule has 7 heteroatoms. The Balaban J connectivity index is 2.48. The van der Waals surface area contributed by atoms with Crippen molar-refractivity contribution in [3.63, 3.8) is 0 Å². The lowest BCUT2D eigenvalue weighted by atomic mass is 10.2. The number of aryl methyl sites for hydroxylation is 1. The normalized spacial score (nSPS) is 10.8. The van der Waals surface area contributed by atoms with Gasteiger partial charge in [0.25, 0.3) is 0 Å². The molecule has 2 rings (SSSR count). The second-order valence-electron chi connectivity index (χ2n) is 4.89. The molecule has 0 radical (unpaired) electrons. The Hall–Kier alpha value is -2.02. The van der Waals surface area contributed by atoms with Gasteiger partial charge < -0.3 is 14.6 Å². The Morgan fingerprint density at radius 2 is 2.10 bits per heavy atom. The molecule has 0 spiro atoms. The van der Waals surface area contributed by atoms with Gasteiger partial charge in [-0.25, -0.2) is 4.98 Å². The summed E-state index contributed by atoms with van der Waals surface area (Å²) in [6, 6.07) is 5.71. The van der Waals surface area contributed by atoms with Crippen LogP contribution in [0.25, 0.3) is 11.0 Å². The zero-order chi connectivity index (χ0) is 15.6. The molecular weight excluding hydrogens is 290 g/mol. The second-order valence-corrected chi connectivity index (χ2v) is 5.84. The van der Waals surface area contributed by atoms with Gasteiger partial charge in [0.1, 0.15) is 6.54 Å². The summed E-state index contributed by atoms with van der Waals surface area (Å²) in [5, 5.41) is 9.38. The number of likely N-dealkylation sites (N-methyl/N-ethyl adjacent to an activating group) is 1. The average Bonchev–Trinajstić information content (AvgIpc) is 2.75. The minimum atomic E-state index is -0.908. The van der Waals surface area contributed by atoms with E-state index in [1.165, 1.54) is 4.90 Å². The lowest BCUT2D eigenvalue weighted by Gasteiger charge is -2.13. The summed E-state index contributed by atoms with van der Waals surface area (Å²) >= 11 is 1.12. The summed E-state index contributed by atoms with van der Waals surface area (Å²) in [5.41, 5.74) is 2.66. The first kappa shape index (κ1) is 15.4. The molecule has 0 atom stereocenters. The van der Waals surface area contributed by atoms with E-state index in [0.29, 0.717) is 5.16 Å². The van der Waals surface area contributed by atoms with E-state index in [1.54, 1.807) is 18.7 Å². The fourth-order valence-corrected chi connectivity index (χ4v) is 2.73. The number of amides is 1. The predicted octanol–water partition coefficient (Wildman–Crippen LogP) is 1.61.